The molecule has 1 aliphatic heterocycles. The molecule has 3 rings (SSSR count). The van der Waals surface area contributed by atoms with E-state index in [1.807, 2.05) is 32.9 Å². The summed E-state index contributed by atoms with van der Waals surface area (Å²) in [5, 5.41) is 0. The Morgan fingerprint density at radius 2 is 1.86 bits per heavy atom. The standard InChI is InChI=1S/C20H26N2O4S2/c1-14(2)21(4)20(23)17-11-16(19-6-5-15(3)27-19)12-18(13-17)28(24,25)22-7-9-26-10-8-22/h5-6,11-14H,7-10H2,1-4H3. The molecule has 2 heterocycles. The maximum Gasteiger partial charge on any atom is 0.253 e. The fourth-order valence-electron chi connectivity index (χ4n) is 2.98. The summed E-state index contributed by atoms with van der Waals surface area (Å²) < 4.78 is 33.1. The number of carbonyl (C=O) groups excluding carboxylic acids is 1. The zero-order valence-electron chi connectivity index (χ0n) is 16.6. The number of thiophene rings is 1. The SMILES string of the molecule is Cc1ccc(-c2cc(C(=O)N(C)C(C)C)cc(S(=O)(=O)N3CCOCC3)c2)s1. The summed E-state index contributed by atoms with van der Waals surface area (Å²) >= 11 is 1.58. The van der Waals surface area contributed by atoms with Crippen molar-refractivity contribution in [2.24, 2.45) is 0 Å². The number of aryl methyl sites for hydroxylation is 1. The fraction of sp³-hybridized carbons (Fsp3) is 0.450. The second-order valence-electron chi connectivity index (χ2n) is 7.18. The number of rotatable bonds is 5. The van der Waals surface area contributed by atoms with E-state index >= 15 is 0 Å². The summed E-state index contributed by atoms with van der Waals surface area (Å²) in [6.07, 6.45) is 0. The van der Waals surface area contributed by atoms with E-state index in [0.29, 0.717) is 31.9 Å². The van der Waals surface area contributed by atoms with E-state index in [9.17, 15) is 13.2 Å². The van der Waals surface area contributed by atoms with Gasteiger partial charge in [0.15, 0.2) is 0 Å². The van der Waals surface area contributed by atoms with Gasteiger partial charge in [0.2, 0.25) is 10.0 Å². The molecule has 1 amide bonds. The first-order valence-corrected chi connectivity index (χ1v) is 11.5. The number of morpholine rings is 1. The van der Waals surface area contributed by atoms with Crippen molar-refractivity contribution in [3.8, 4) is 10.4 Å². The minimum absolute atomic E-state index is 0.0134. The average Bonchev–Trinajstić information content (AvgIpc) is 3.13. The van der Waals surface area contributed by atoms with Crippen molar-refractivity contribution in [1.82, 2.24) is 9.21 Å². The third kappa shape index (κ3) is 4.30. The Hall–Kier alpha value is -1.74. The summed E-state index contributed by atoms with van der Waals surface area (Å²) in [6, 6.07) is 8.91. The Morgan fingerprint density at radius 3 is 2.43 bits per heavy atom. The van der Waals surface area contributed by atoms with Gasteiger partial charge in [0, 0.05) is 41.5 Å². The number of hydrogen-bond donors (Lipinski definition) is 0. The number of hydrogen-bond acceptors (Lipinski definition) is 5. The summed E-state index contributed by atoms with van der Waals surface area (Å²) in [4.78, 5) is 16.8. The lowest BCUT2D eigenvalue weighted by molar-refractivity contribution is 0.0729. The van der Waals surface area contributed by atoms with E-state index in [1.54, 1.807) is 35.4 Å². The van der Waals surface area contributed by atoms with Gasteiger partial charge >= 0.3 is 0 Å². The third-order valence-electron chi connectivity index (χ3n) is 4.88. The Morgan fingerprint density at radius 1 is 1.18 bits per heavy atom. The molecule has 0 N–H and O–H groups in total. The maximum absolute atomic E-state index is 13.2. The zero-order valence-corrected chi connectivity index (χ0v) is 18.3. The van der Waals surface area contributed by atoms with E-state index < -0.39 is 10.0 Å². The van der Waals surface area contributed by atoms with Crippen molar-refractivity contribution in [3.63, 3.8) is 0 Å². The smallest absolute Gasteiger partial charge is 0.253 e. The number of amides is 1. The number of carbonyl (C=O) groups is 1. The predicted molar refractivity (Wildman–Crippen MR) is 111 cm³/mol. The molecule has 0 radical (unpaired) electrons. The molecule has 8 heteroatoms. The van der Waals surface area contributed by atoms with Crippen LogP contribution in [0.4, 0.5) is 0 Å². The summed E-state index contributed by atoms with van der Waals surface area (Å²) in [7, 11) is -1.97. The Balaban J connectivity index is 2.11. The van der Waals surface area contributed by atoms with Crippen LogP contribution in [0.5, 0.6) is 0 Å². The first-order chi connectivity index (χ1) is 13.2. The molecule has 1 aliphatic rings. The first kappa shape index (κ1) is 21.0. The van der Waals surface area contributed by atoms with Crippen molar-refractivity contribution < 1.29 is 17.9 Å². The Kier molecular flexibility index (Phi) is 6.24. The number of ether oxygens (including phenoxy) is 1. The minimum Gasteiger partial charge on any atom is -0.379 e. The molecular formula is C20H26N2O4S2. The molecule has 0 bridgehead atoms. The molecule has 0 aliphatic carbocycles. The highest BCUT2D eigenvalue weighted by atomic mass is 32.2. The molecule has 1 saturated heterocycles. The number of benzene rings is 1. The molecule has 2 aromatic rings. The normalized spacial score (nSPS) is 15.8. The van der Waals surface area contributed by atoms with Gasteiger partial charge in [-0.25, -0.2) is 8.42 Å². The molecule has 1 fully saturated rings. The van der Waals surface area contributed by atoms with Crippen LogP contribution in [-0.4, -0.2) is 62.9 Å². The predicted octanol–water partition coefficient (Wildman–Crippen LogP) is 3.22. The van der Waals surface area contributed by atoms with Crippen LogP contribution in [0.25, 0.3) is 10.4 Å². The highest BCUT2D eigenvalue weighted by Crippen LogP contribution is 2.32. The van der Waals surface area contributed by atoms with Gasteiger partial charge in [-0.1, -0.05) is 0 Å². The lowest BCUT2D eigenvalue weighted by atomic mass is 10.1. The average molecular weight is 423 g/mol. The summed E-state index contributed by atoms with van der Waals surface area (Å²) in [6.45, 7) is 7.25. The number of nitrogens with zero attached hydrogens (tertiary/aromatic N) is 2. The van der Waals surface area contributed by atoms with E-state index in [2.05, 4.69) is 0 Å². The topological polar surface area (TPSA) is 66.9 Å². The Bertz CT molecular complexity index is 960. The van der Waals surface area contributed by atoms with E-state index in [0.717, 1.165) is 15.3 Å². The first-order valence-electron chi connectivity index (χ1n) is 9.27. The van der Waals surface area contributed by atoms with Crippen LogP contribution in [0.2, 0.25) is 0 Å². The Labute approximate surface area is 170 Å². The molecule has 152 valence electrons. The van der Waals surface area contributed by atoms with Crippen LogP contribution in [0.1, 0.15) is 29.1 Å². The molecule has 0 unspecified atom stereocenters. The van der Waals surface area contributed by atoms with Gasteiger partial charge in [-0.2, -0.15) is 4.31 Å². The fourth-order valence-corrected chi connectivity index (χ4v) is 5.31. The molecule has 1 aromatic carbocycles. The largest absolute Gasteiger partial charge is 0.379 e. The second kappa shape index (κ2) is 8.32. The molecule has 6 nitrogen and oxygen atoms in total. The van der Waals surface area contributed by atoms with Gasteiger partial charge in [0.25, 0.3) is 5.91 Å². The van der Waals surface area contributed by atoms with E-state index in [4.69, 9.17) is 4.74 Å². The maximum atomic E-state index is 13.2. The van der Waals surface area contributed by atoms with Gasteiger partial charge in [0.1, 0.15) is 0 Å². The van der Waals surface area contributed by atoms with Crippen molar-refractivity contribution in [3.05, 3.63) is 40.8 Å². The minimum atomic E-state index is -3.70. The number of sulfonamides is 1. The van der Waals surface area contributed by atoms with Gasteiger partial charge in [-0.15, -0.1) is 11.3 Å². The van der Waals surface area contributed by atoms with E-state index in [1.165, 1.54) is 10.4 Å². The van der Waals surface area contributed by atoms with Gasteiger partial charge in [0.05, 0.1) is 18.1 Å². The molecule has 0 saturated carbocycles. The monoisotopic (exact) mass is 422 g/mol. The lowest BCUT2D eigenvalue weighted by Crippen LogP contribution is -2.40. The molecule has 0 spiro atoms. The van der Waals surface area contributed by atoms with Crippen molar-refractivity contribution in [1.29, 1.82) is 0 Å². The van der Waals surface area contributed by atoms with Crippen LogP contribution in [-0.2, 0) is 14.8 Å². The van der Waals surface area contributed by atoms with Crippen LogP contribution in [0.3, 0.4) is 0 Å². The highest BCUT2D eigenvalue weighted by molar-refractivity contribution is 7.89. The van der Waals surface area contributed by atoms with Crippen molar-refractivity contribution >= 4 is 27.3 Å². The quantitative estimate of drug-likeness (QED) is 0.742. The summed E-state index contributed by atoms with van der Waals surface area (Å²) in [5.74, 6) is -0.191. The third-order valence-corrected chi connectivity index (χ3v) is 7.81. The van der Waals surface area contributed by atoms with Crippen molar-refractivity contribution in [2.75, 3.05) is 33.4 Å². The second-order valence-corrected chi connectivity index (χ2v) is 10.4. The molecule has 0 atom stereocenters. The van der Waals surface area contributed by atoms with Crippen molar-refractivity contribution in [2.45, 2.75) is 31.7 Å². The van der Waals surface area contributed by atoms with Crippen LogP contribution in [0.15, 0.2) is 35.2 Å². The van der Waals surface area contributed by atoms with Gasteiger partial charge in [-0.3, -0.25) is 4.79 Å². The van der Waals surface area contributed by atoms with Gasteiger partial charge < -0.3 is 9.64 Å². The lowest BCUT2D eigenvalue weighted by Gasteiger charge is -2.27. The highest BCUT2D eigenvalue weighted by Gasteiger charge is 2.28. The van der Waals surface area contributed by atoms with E-state index in [-0.39, 0.29) is 16.8 Å². The van der Waals surface area contributed by atoms with Crippen LogP contribution in [0, 0.1) is 6.92 Å². The molecule has 28 heavy (non-hydrogen) atoms. The molecule has 1 aromatic heterocycles. The van der Waals surface area contributed by atoms with Gasteiger partial charge in [-0.05, 0) is 56.7 Å². The molecular weight excluding hydrogens is 396 g/mol. The zero-order chi connectivity index (χ0) is 20.5. The van der Waals surface area contributed by atoms with Crippen LogP contribution >= 0.6 is 11.3 Å². The summed E-state index contributed by atoms with van der Waals surface area (Å²) in [5.41, 5.74) is 1.12. The van der Waals surface area contributed by atoms with Crippen LogP contribution < -0.4 is 0 Å².